The van der Waals surface area contributed by atoms with Crippen LogP contribution in [-0.2, 0) is 11.2 Å². The highest BCUT2D eigenvalue weighted by atomic mass is 19.1. The Morgan fingerprint density at radius 1 is 1.42 bits per heavy atom. The molecular weight excluding hydrogens is 243 g/mol. The van der Waals surface area contributed by atoms with Gasteiger partial charge in [0.2, 0.25) is 5.91 Å². The second-order valence-corrected chi connectivity index (χ2v) is 5.23. The third-order valence-electron chi connectivity index (χ3n) is 3.38. The standard InChI is InChI=1S/C15H23FN2O/c1-11(2)14(10-17)15(19)18(3)8-7-12-5-4-6-13(16)9-12/h4-6,9,11,14H,7-8,10,17H2,1-3H3. The van der Waals surface area contributed by atoms with Gasteiger partial charge >= 0.3 is 0 Å². The number of halogens is 1. The van der Waals surface area contributed by atoms with Gasteiger partial charge in [-0.05, 0) is 30.0 Å². The van der Waals surface area contributed by atoms with E-state index in [1.54, 1.807) is 18.0 Å². The van der Waals surface area contributed by atoms with Crippen LogP contribution in [0.5, 0.6) is 0 Å². The molecular formula is C15H23FN2O. The van der Waals surface area contributed by atoms with Gasteiger partial charge < -0.3 is 10.6 Å². The van der Waals surface area contributed by atoms with Crippen molar-refractivity contribution in [2.45, 2.75) is 20.3 Å². The second-order valence-electron chi connectivity index (χ2n) is 5.23. The van der Waals surface area contributed by atoms with Crippen molar-refractivity contribution in [3.05, 3.63) is 35.6 Å². The van der Waals surface area contributed by atoms with Crippen molar-refractivity contribution in [1.82, 2.24) is 4.90 Å². The first-order valence-electron chi connectivity index (χ1n) is 6.65. The average molecular weight is 266 g/mol. The van der Waals surface area contributed by atoms with Gasteiger partial charge in [0, 0.05) is 20.1 Å². The SMILES string of the molecule is CC(C)C(CN)C(=O)N(C)CCc1cccc(F)c1. The summed E-state index contributed by atoms with van der Waals surface area (Å²) in [6, 6.07) is 6.47. The maximum atomic E-state index is 13.0. The lowest BCUT2D eigenvalue weighted by molar-refractivity contribution is -0.135. The maximum absolute atomic E-state index is 13.0. The topological polar surface area (TPSA) is 46.3 Å². The zero-order valence-corrected chi connectivity index (χ0v) is 11.9. The number of hydrogen-bond donors (Lipinski definition) is 1. The molecule has 19 heavy (non-hydrogen) atoms. The molecule has 0 aliphatic rings. The van der Waals surface area contributed by atoms with Gasteiger partial charge in [-0.3, -0.25) is 4.79 Å². The van der Waals surface area contributed by atoms with Crippen LogP contribution in [0.25, 0.3) is 0 Å². The number of amides is 1. The van der Waals surface area contributed by atoms with E-state index in [4.69, 9.17) is 5.73 Å². The predicted molar refractivity (Wildman–Crippen MR) is 75.1 cm³/mol. The summed E-state index contributed by atoms with van der Waals surface area (Å²) >= 11 is 0. The summed E-state index contributed by atoms with van der Waals surface area (Å²) in [5, 5.41) is 0. The van der Waals surface area contributed by atoms with Crippen LogP contribution in [0.4, 0.5) is 4.39 Å². The van der Waals surface area contributed by atoms with E-state index in [9.17, 15) is 9.18 Å². The van der Waals surface area contributed by atoms with Crippen LogP contribution in [0, 0.1) is 17.7 Å². The fraction of sp³-hybridized carbons (Fsp3) is 0.533. The summed E-state index contributed by atoms with van der Waals surface area (Å²) in [4.78, 5) is 13.9. The van der Waals surface area contributed by atoms with Gasteiger partial charge in [0.25, 0.3) is 0 Å². The Hall–Kier alpha value is -1.42. The monoisotopic (exact) mass is 266 g/mol. The smallest absolute Gasteiger partial charge is 0.226 e. The lowest BCUT2D eigenvalue weighted by Crippen LogP contribution is -2.40. The molecule has 1 amide bonds. The second kappa shape index (κ2) is 7.24. The van der Waals surface area contributed by atoms with Crippen LogP contribution in [0.15, 0.2) is 24.3 Å². The number of nitrogens with two attached hydrogens (primary N) is 1. The normalized spacial score (nSPS) is 12.5. The zero-order chi connectivity index (χ0) is 14.4. The Balaban J connectivity index is 2.55. The number of hydrogen-bond acceptors (Lipinski definition) is 2. The molecule has 1 unspecified atom stereocenters. The van der Waals surface area contributed by atoms with Crippen molar-refractivity contribution in [3.63, 3.8) is 0 Å². The minimum absolute atomic E-state index is 0.0638. The van der Waals surface area contributed by atoms with E-state index in [1.165, 1.54) is 12.1 Å². The summed E-state index contributed by atoms with van der Waals surface area (Å²) in [7, 11) is 1.77. The van der Waals surface area contributed by atoms with Crippen LogP contribution < -0.4 is 5.73 Å². The Morgan fingerprint density at radius 3 is 2.63 bits per heavy atom. The molecule has 106 valence electrons. The van der Waals surface area contributed by atoms with Crippen molar-refractivity contribution in [2.24, 2.45) is 17.6 Å². The van der Waals surface area contributed by atoms with Crippen molar-refractivity contribution in [1.29, 1.82) is 0 Å². The Kier molecular flexibility index (Phi) is 5.96. The molecule has 0 aromatic heterocycles. The average Bonchev–Trinajstić information content (AvgIpc) is 2.36. The van der Waals surface area contributed by atoms with E-state index in [0.29, 0.717) is 19.5 Å². The number of nitrogens with zero attached hydrogens (tertiary/aromatic N) is 1. The Labute approximate surface area is 114 Å². The van der Waals surface area contributed by atoms with E-state index in [0.717, 1.165) is 5.56 Å². The molecule has 3 nitrogen and oxygen atoms in total. The first-order valence-corrected chi connectivity index (χ1v) is 6.65. The molecule has 1 aromatic rings. The lowest BCUT2D eigenvalue weighted by atomic mass is 9.94. The van der Waals surface area contributed by atoms with E-state index in [-0.39, 0.29) is 23.6 Å². The maximum Gasteiger partial charge on any atom is 0.226 e. The van der Waals surface area contributed by atoms with E-state index >= 15 is 0 Å². The number of carbonyl (C=O) groups excluding carboxylic acids is 1. The van der Waals surface area contributed by atoms with E-state index in [2.05, 4.69) is 0 Å². The first-order chi connectivity index (χ1) is 8.95. The van der Waals surface area contributed by atoms with Gasteiger partial charge in [0.15, 0.2) is 0 Å². The highest BCUT2D eigenvalue weighted by molar-refractivity contribution is 5.79. The predicted octanol–water partition coefficient (Wildman–Crippen LogP) is 2.06. The Morgan fingerprint density at radius 2 is 2.11 bits per heavy atom. The summed E-state index contributed by atoms with van der Waals surface area (Å²) in [5.41, 5.74) is 6.54. The number of likely N-dealkylation sites (N-methyl/N-ethyl adjacent to an activating group) is 1. The van der Waals surface area contributed by atoms with E-state index < -0.39 is 0 Å². The molecule has 1 aromatic carbocycles. The molecule has 0 spiro atoms. The fourth-order valence-corrected chi connectivity index (χ4v) is 2.04. The molecule has 2 N–H and O–H groups in total. The molecule has 0 radical (unpaired) electrons. The molecule has 1 rings (SSSR count). The van der Waals surface area contributed by atoms with Crippen molar-refractivity contribution < 1.29 is 9.18 Å². The quantitative estimate of drug-likeness (QED) is 0.856. The summed E-state index contributed by atoms with van der Waals surface area (Å²) in [5.74, 6) is -0.0889. The van der Waals surface area contributed by atoms with Crippen LogP contribution in [0.3, 0.4) is 0 Å². The minimum atomic E-state index is -0.242. The third kappa shape index (κ3) is 4.63. The van der Waals surface area contributed by atoms with Crippen molar-refractivity contribution >= 4 is 5.91 Å². The van der Waals surface area contributed by atoms with Gasteiger partial charge in [-0.15, -0.1) is 0 Å². The minimum Gasteiger partial charge on any atom is -0.345 e. The van der Waals surface area contributed by atoms with Crippen LogP contribution >= 0.6 is 0 Å². The number of rotatable bonds is 6. The highest BCUT2D eigenvalue weighted by Crippen LogP contribution is 2.13. The lowest BCUT2D eigenvalue weighted by Gasteiger charge is -2.25. The fourth-order valence-electron chi connectivity index (χ4n) is 2.04. The number of carbonyl (C=O) groups is 1. The molecule has 0 bridgehead atoms. The van der Waals surface area contributed by atoms with E-state index in [1.807, 2.05) is 19.9 Å². The molecule has 0 heterocycles. The van der Waals surface area contributed by atoms with Gasteiger partial charge in [-0.2, -0.15) is 0 Å². The summed E-state index contributed by atoms with van der Waals surface area (Å²) < 4.78 is 13.0. The van der Waals surface area contributed by atoms with Crippen LogP contribution in [0.2, 0.25) is 0 Å². The molecule has 0 saturated carbocycles. The Bertz CT molecular complexity index is 420. The van der Waals surface area contributed by atoms with Gasteiger partial charge in [0.1, 0.15) is 5.82 Å². The third-order valence-corrected chi connectivity index (χ3v) is 3.38. The van der Waals surface area contributed by atoms with Crippen LogP contribution in [-0.4, -0.2) is 30.9 Å². The summed E-state index contributed by atoms with van der Waals surface area (Å²) in [6.07, 6.45) is 0.648. The molecule has 0 aliphatic heterocycles. The molecule has 0 fully saturated rings. The number of benzene rings is 1. The van der Waals surface area contributed by atoms with Gasteiger partial charge in [-0.25, -0.2) is 4.39 Å². The molecule has 1 atom stereocenters. The first kappa shape index (κ1) is 15.6. The zero-order valence-electron chi connectivity index (χ0n) is 11.9. The molecule has 0 saturated heterocycles. The molecule has 4 heteroatoms. The van der Waals surface area contributed by atoms with Crippen LogP contribution in [0.1, 0.15) is 19.4 Å². The van der Waals surface area contributed by atoms with Gasteiger partial charge in [0.05, 0.1) is 5.92 Å². The van der Waals surface area contributed by atoms with Crippen molar-refractivity contribution in [2.75, 3.05) is 20.1 Å². The highest BCUT2D eigenvalue weighted by Gasteiger charge is 2.23. The molecule has 0 aliphatic carbocycles. The van der Waals surface area contributed by atoms with Crippen molar-refractivity contribution in [3.8, 4) is 0 Å². The largest absolute Gasteiger partial charge is 0.345 e. The van der Waals surface area contributed by atoms with Gasteiger partial charge in [-0.1, -0.05) is 26.0 Å². The summed E-state index contributed by atoms with van der Waals surface area (Å²) in [6.45, 7) is 4.93.